The minimum atomic E-state index is -3.23. The Morgan fingerprint density at radius 2 is 2.00 bits per heavy atom. The van der Waals surface area contributed by atoms with Crippen molar-refractivity contribution in [3.63, 3.8) is 0 Å². The second-order valence-corrected chi connectivity index (χ2v) is 7.58. The van der Waals surface area contributed by atoms with Gasteiger partial charge >= 0.3 is 0 Å². The minimum Gasteiger partial charge on any atom is -0.392 e. The number of sulfone groups is 1. The molecule has 1 heterocycles. The monoisotopic (exact) mass is 297 g/mol. The first-order valence-corrected chi connectivity index (χ1v) is 8.86. The van der Waals surface area contributed by atoms with Crippen LogP contribution < -0.4 is 0 Å². The lowest BCUT2D eigenvalue weighted by atomic mass is 9.98. The van der Waals surface area contributed by atoms with Gasteiger partial charge in [-0.1, -0.05) is 24.6 Å². The highest BCUT2D eigenvalue weighted by molar-refractivity contribution is 7.91. The molecule has 2 atom stereocenters. The van der Waals surface area contributed by atoms with Gasteiger partial charge in [0.2, 0.25) is 0 Å². The standard InChI is InChI=1S/C15H23NO3S/c1-13(17)15-9-5-6-10-16(15)11-12-20(18,19)14-7-3-2-4-8-14/h2-4,7-8,13,15,17H,5-6,9-12H2,1H3/t13-,15+/m1/s1. The van der Waals surface area contributed by atoms with E-state index in [1.54, 1.807) is 31.2 Å². The second-order valence-electron chi connectivity index (χ2n) is 5.47. The maximum atomic E-state index is 12.3. The Hall–Kier alpha value is -0.910. The summed E-state index contributed by atoms with van der Waals surface area (Å²) in [5, 5.41) is 9.80. The van der Waals surface area contributed by atoms with Crippen LogP contribution in [0.2, 0.25) is 0 Å². The molecule has 0 radical (unpaired) electrons. The Morgan fingerprint density at radius 3 is 2.65 bits per heavy atom. The molecule has 1 aliphatic rings. The number of hydrogen-bond donors (Lipinski definition) is 1. The van der Waals surface area contributed by atoms with Gasteiger partial charge in [-0.3, -0.25) is 4.90 Å². The fourth-order valence-corrected chi connectivity index (χ4v) is 4.11. The summed E-state index contributed by atoms with van der Waals surface area (Å²) in [6.45, 7) is 3.15. The van der Waals surface area contributed by atoms with Gasteiger partial charge in [0.25, 0.3) is 0 Å². The summed E-state index contributed by atoms with van der Waals surface area (Å²) < 4.78 is 24.5. The Balaban J connectivity index is 2.00. The molecule has 0 bridgehead atoms. The number of benzene rings is 1. The van der Waals surface area contributed by atoms with E-state index in [0.29, 0.717) is 11.4 Å². The van der Waals surface area contributed by atoms with E-state index in [0.717, 1.165) is 25.8 Å². The van der Waals surface area contributed by atoms with Crippen molar-refractivity contribution in [2.75, 3.05) is 18.8 Å². The molecule has 5 heteroatoms. The highest BCUT2D eigenvalue weighted by atomic mass is 32.2. The van der Waals surface area contributed by atoms with Crippen molar-refractivity contribution in [3.8, 4) is 0 Å². The Labute approximate surface area is 121 Å². The van der Waals surface area contributed by atoms with Crippen LogP contribution in [0.4, 0.5) is 0 Å². The summed E-state index contributed by atoms with van der Waals surface area (Å²) in [7, 11) is -3.23. The zero-order chi connectivity index (χ0) is 14.6. The fraction of sp³-hybridized carbons (Fsp3) is 0.600. The van der Waals surface area contributed by atoms with Crippen LogP contribution >= 0.6 is 0 Å². The third-order valence-electron chi connectivity index (χ3n) is 3.97. The average molecular weight is 297 g/mol. The van der Waals surface area contributed by atoms with E-state index < -0.39 is 15.9 Å². The zero-order valence-electron chi connectivity index (χ0n) is 11.9. The van der Waals surface area contributed by atoms with Crippen molar-refractivity contribution in [1.29, 1.82) is 0 Å². The van der Waals surface area contributed by atoms with Crippen molar-refractivity contribution in [2.24, 2.45) is 0 Å². The van der Waals surface area contributed by atoms with Gasteiger partial charge < -0.3 is 5.11 Å². The molecule has 1 N–H and O–H groups in total. The molecule has 4 nitrogen and oxygen atoms in total. The van der Waals surface area contributed by atoms with E-state index in [4.69, 9.17) is 0 Å². The maximum Gasteiger partial charge on any atom is 0.179 e. The molecule has 20 heavy (non-hydrogen) atoms. The number of aliphatic hydroxyl groups is 1. The average Bonchev–Trinajstić information content (AvgIpc) is 2.46. The van der Waals surface area contributed by atoms with Crippen LogP contribution in [0.1, 0.15) is 26.2 Å². The summed E-state index contributed by atoms with van der Waals surface area (Å²) >= 11 is 0. The lowest BCUT2D eigenvalue weighted by molar-refractivity contribution is 0.0403. The molecule has 1 aliphatic heterocycles. The maximum absolute atomic E-state index is 12.3. The van der Waals surface area contributed by atoms with Crippen LogP contribution in [0.25, 0.3) is 0 Å². The number of aliphatic hydroxyl groups excluding tert-OH is 1. The molecule has 1 aromatic carbocycles. The van der Waals surface area contributed by atoms with Gasteiger partial charge in [-0.2, -0.15) is 0 Å². The molecule has 0 aliphatic carbocycles. The number of piperidine rings is 1. The topological polar surface area (TPSA) is 57.6 Å². The molecule has 0 aromatic heterocycles. The SMILES string of the molecule is C[C@@H](O)[C@@H]1CCCCN1CCS(=O)(=O)c1ccccc1. The van der Waals surface area contributed by atoms with Gasteiger partial charge in [-0.15, -0.1) is 0 Å². The number of hydrogen-bond acceptors (Lipinski definition) is 4. The smallest absolute Gasteiger partial charge is 0.179 e. The number of nitrogens with zero attached hydrogens (tertiary/aromatic N) is 1. The van der Waals surface area contributed by atoms with E-state index in [1.807, 2.05) is 6.07 Å². The van der Waals surface area contributed by atoms with Crippen molar-refractivity contribution in [1.82, 2.24) is 4.90 Å². The Morgan fingerprint density at radius 1 is 1.30 bits per heavy atom. The third-order valence-corrected chi connectivity index (χ3v) is 5.68. The molecule has 112 valence electrons. The molecule has 2 rings (SSSR count). The van der Waals surface area contributed by atoms with Crippen LogP contribution in [0.3, 0.4) is 0 Å². The predicted octanol–water partition coefficient (Wildman–Crippen LogP) is 1.70. The van der Waals surface area contributed by atoms with Crippen LogP contribution in [0.15, 0.2) is 35.2 Å². The minimum absolute atomic E-state index is 0.0923. The van der Waals surface area contributed by atoms with Gasteiger partial charge in [0.05, 0.1) is 16.8 Å². The van der Waals surface area contributed by atoms with Crippen LogP contribution in [-0.2, 0) is 9.84 Å². The zero-order valence-corrected chi connectivity index (χ0v) is 12.7. The number of rotatable bonds is 5. The van der Waals surface area contributed by atoms with Gasteiger partial charge in [-0.25, -0.2) is 8.42 Å². The van der Waals surface area contributed by atoms with Gasteiger partial charge in [0, 0.05) is 12.6 Å². The Kier molecular flexibility index (Phi) is 5.18. The van der Waals surface area contributed by atoms with Gasteiger partial charge in [0.15, 0.2) is 9.84 Å². The normalized spacial score (nSPS) is 22.6. The molecule has 1 saturated heterocycles. The summed E-state index contributed by atoms with van der Waals surface area (Å²) in [5.74, 6) is 0.111. The van der Waals surface area contributed by atoms with Gasteiger partial charge in [-0.05, 0) is 38.4 Å². The third kappa shape index (κ3) is 3.81. The summed E-state index contributed by atoms with van der Waals surface area (Å²) in [6, 6.07) is 8.66. The predicted molar refractivity (Wildman–Crippen MR) is 79.4 cm³/mol. The van der Waals surface area contributed by atoms with E-state index >= 15 is 0 Å². The second kappa shape index (κ2) is 6.70. The molecule has 0 amide bonds. The van der Waals surface area contributed by atoms with Crippen molar-refractivity contribution in [2.45, 2.75) is 43.2 Å². The molecule has 0 spiro atoms. The molecule has 1 fully saturated rings. The van der Waals surface area contributed by atoms with Crippen LogP contribution in [0.5, 0.6) is 0 Å². The first-order valence-electron chi connectivity index (χ1n) is 7.20. The largest absolute Gasteiger partial charge is 0.392 e. The molecule has 0 unspecified atom stereocenters. The van der Waals surface area contributed by atoms with E-state index in [2.05, 4.69) is 4.90 Å². The van der Waals surface area contributed by atoms with Crippen LogP contribution in [-0.4, -0.2) is 49.4 Å². The quantitative estimate of drug-likeness (QED) is 0.898. The molecular formula is C15H23NO3S. The van der Waals surface area contributed by atoms with Crippen molar-refractivity contribution in [3.05, 3.63) is 30.3 Å². The Bertz CT molecular complexity index is 513. The van der Waals surface area contributed by atoms with E-state index in [1.165, 1.54) is 0 Å². The molecule has 1 aromatic rings. The number of likely N-dealkylation sites (tertiary alicyclic amines) is 1. The van der Waals surface area contributed by atoms with E-state index in [-0.39, 0.29) is 11.8 Å². The lowest BCUT2D eigenvalue weighted by Crippen LogP contribution is -2.47. The van der Waals surface area contributed by atoms with Crippen molar-refractivity contribution < 1.29 is 13.5 Å². The first kappa shape index (κ1) is 15.5. The van der Waals surface area contributed by atoms with Crippen molar-refractivity contribution >= 4 is 9.84 Å². The fourth-order valence-electron chi connectivity index (χ4n) is 2.82. The highest BCUT2D eigenvalue weighted by Crippen LogP contribution is 2.20. The first-order chi connectivity index (χ1) is 9.50. The van der Waals surface area contributed by atoms with E-state index in [9.17, 15) is 13.5 Å². The molecule has 0 saturated carbocycles. The van der Waals surface area contributed by atoms with Gasteiger partial charge in [0.1, 0.15) is 0 Å². The summed E-state index contributed by atoms with van der Waals surface area (Å²) in [6.07, 6.45) is 2.73. The summed E-state index contributed by atoms with van der Waals surface area (Å²) in [5.41, 5.74) is 0. The highest BCUT2D eigenvalue weighted by Gasteiger charge is 2.27. The van der Waals surface area contributed by atoms with Crippen LogP contribution in [0, 0.1) is 0 Å². The summed E-state index contributed by atoms with van der Waals surface area (Å²) in [4.78, 5) is 2.50. The lowest BCUT2D eigenvalue weighted by Gasteiger charge is -2.37. The molecular weight excluding hydrogens is 274 g/mol.